The smallest absolute Gasteiger partial charge is 0.246 e. The fourth-order valence-electron chi connectivity index (χ4n) is 2.26. The molecule has 2 aromatic rings. The molecule has 0 saturated carbocycles. The molecule has 2 rings (SSSR count). The number of rotatable bonds is 2. The van der Waals surface area contributed by atoms with Crippen LogP contribution in [-0.2, 0) is 0 Å². The molecule has 2 aromatic heterocycles. The van der Waals surface area contributed by atoms with Gasteiger partial charge in [-0.1, -0.05) is 0 Å². The third kappa shape index (κ3) is 3.23. The summed E-state index contributed by atoms with van der Waals surface area (Å²) in [5.41, 5.74) is -0.654. The van der Waals surface area contributed by atoms with Gasteiger partial charge in [0.05, 0.1) is 11.1 Å². The summed E-state index contributed by atoms with van der Waals surface area (Å²) in [6.07, 6.45) is 1.59. The van der Waals surface area contributed by atoms with Crippen LogP contribution in [0, 0.1) is 22.7 Å². The second-order valence-electron chi connectivity index (χ2n) is 7.46. The van der Waals surface area contributed by atoms with Crippen LogP contribution < -0.4 is 9.47 Å². The third-order valence-electron chi connectivity index (χ3n) is 3.03. The molecule has 0 aliphatic carbocycles. The van der Waals surface area contributed by atoms with Crippen LogP contribution in [0.2, 0.25) is 0 Å². The Balaban J connectivity index is 2.88. The van der Waals surface area contributed by atoms with Crippen LogP contribution in [0.25, 0.3) is 5.52 Å². The molecule has 0 fully saturated rings. The van der Waals surface area contributed by atoms with Gasteiger partial charge in [0.15, 0.2) is 5.75 Å². The highest BCUT2D eigenvalue weighted by Gasteiger charge is 2.30. The molecule has 0 aliphatic rings. The normalized spacial score (nSPS) is 11.8. The Morgan fingerprint density at radius 1 is 1.00 bits per heavy atom. The standard InChI is InChI=1S/C18H21N3O3/c1-17(2,3)23-15-14(22)13-12(10-20)11(9-19)7-8-21(13)16(15)24-18(4,5)6/h7-8,22H,1-6H3. The lowest BCUT2D eigenvalue weighted by atomic mass is 10.1. The summed E-state index contributed by atoms with van der Waals surface area (Å²) in [6, 6.07) is 5.46. The van der Waals surface area contributed by atoms with Gasteiger partial charge in [-0.2, -0.15) is 10.5 Å². The molecule has 0 radical (unpaired) electrons. The molecule has 24 heavy (non-hydrogen) atoms. The summed E-state index contributed by atoms with van der Waals surface area (Å²) in [4.78, 5) is 0. The van der Waals surface area contributed by atoms with Gasteiger partial charge < -0.3 is 14.6 Å². The fraction of sp³-hybridized carbons (Fsp3) is 0.444. The van der Waals surface area contributed by atoms with Gasteiger partial charge in [-0.25, -0.2) is 0 Å². The van der Waals surface area contributed by atoms with E-state index >= 15 is 0 Å². The molecule has 126 valence electrons. The molecule has 1 N–H and O–H groups in total. The maximum Gasteiger partial charge on any atom is 0.246 e. The van der Waals surface area contributed by atoms with Gasteiger partial charge in [-0.3, -0.25) is 4.40 Å². The fourth-order valence-corrected chi connectivity index (χ4v) is 2.26. The second-order valence-corrected chi connectivity index (χ2v) is 7.46. The van der Waals surface area contributed by atoms with Crippen LogP contribution in [0.4, 0.5) is 0 Å². The van der Waals surface area contributed by atoms with Crippen molar-refractivity contribution in [3.63, 3.8) is 0 Å². The lowest BCUT2D eigenvalue weighted by molar-refractivity contribution is 0.0890. The molecular weight excluding hydrogens is 306 g/mol. The highest BCUT2D eigenvalue weighted by atomic mass is 16.6. The van der Waals surface area contributed by atoms with Gasteiger partial charge >= 0.3 is 0 Å². The molecule has 0 aliphatic heterocycles. The van der Waals surface area contributed by atoms with Crippen molar-refractivity contribution in [2.75, 3.05) is 0 Å². The number of nitriles is 2. The lowest BCUT2D eigenvalue weighted by Gasteiger charge is -2.25. The number of nitrogens with zero attached hydrogens (tertiary/aromatic N) is 3. The largest absolute Gasteiger partial charge is 0.503 e. The van der Waals surface area contributed by atoms with Crippen molar-refractivity contribution < 1.29 is 14.6 Å². The van der Waals surface area contributed by atoms with Gasteiger partial charge in [-0.15, -0.1) is 0 Å². The van der Waals surface area contributed by atoms with Gasteiger partial charge in [0.25, 0.3) is 0 Å². The van der Waals surface area contributed by atoms with Crippen molar-refractivity contribution >= 4 is 5.52 Å². The Bertz CT molecular complexity index is 869. The molecule has 0 atom stereocenters. The summed E-state index contributed by atoms with van der Waals surface area (Å²) < 4.78 is 13.4. The molecule has 0 saturated heterocycles. The molecule has 0 bridgehead atoms. The molecule has 0 amide bonds. The molecule has 6 nitrogen and oxygen atoms in total. The van der Waals surface area contributed by atoms with Crippen molar-refractivity contribution in [1.82, 2.24) is 4.40 Å². The summed E-state index contributed by atoms with van der Waals surface area (Å²) >= 11 is 0. The van der Waals surface area contributed by atoms with E-state index in [1.807, 2.05) is 53.7 Å². The zero-order valence-corrected chi connectivity index (χ0v) is 14.8. The van der Waals surface area contributed by atoms with Crippen molar-refractivity contribution in [2.24, 2.45) is 0 Å². The van der Waals surface area contributed by atoms with Crippen molar-refractivity contribution in [3.05, 3.63) is 23.4 Å². The minimum atomic E-state index is -0.580. The van der Waals surface area contributed by atoms with E-state index in [1.165, 1.54) is 6.07 Å². The summed E-state index contributed by atoms with van der Waals surface area (Å²) in [6.45, 7) is 11.2. The SMILES string of the molecule is CC(C)(C)Oc1c(O)c2c(C#N)c(C#N)ccn2c1OC(C)(C)C. The molecule has 0 unspecified atom stereocenters. The summed E-state index contributed by atoms with van der Waals surface area (Å²) in [5.74, 6) is 0.243. The van der Waals surface area contributed by atoms with E-state index in [4.69, 9.17) is 9.47 Å². The Morgan fingerprint density at radius 2 is 1.58 bits per heavy atom. The van der Waals surface area contributed by atoms with Crippen molar-refractivity contribution in [2.45, 2.75) is 52.7 Å². The molecule has 2 heterocycles. The maximum absolute atomic E-state index is 10.7. The van der Waals surface area contributed by atoms with Crippen LogP contribution >= 0.6 is 0 Å². The third-order valence-corrected chi connectivity index (χ3v) is 3.03. The van der Waals surface area contributed by atoms with Gasteiger partial charge in [0, 0.05) is 6.20 Å². The number of ether oxygens (including phenoxy) is 2. The molecule has 0 aromatic carbocycles. The Hall–Kier alpha value is -2.86. The van der Waals surface area contributed by atoms with E-state index in [1.54, 1.807) is 10.6 Å². The van der Waals surface area contributed by atoms with E-state index in [0.717, 1.165) is 0 Å². The summed E-state index contributed by atoms with van der Waals surface area (Å²) in [5, 5.41) is 29.3. The van der Waals surface area contributed by atoms with Crippen LogP contribution in [0.1, 0.15) is 52.7 Å². The number of fused-ring (bicyclic) bond motifs is 1. The van der Waals surface area contributed by atoms with Crippen molar-refractivity contribution in [3.8, 4) is 29.5 Å². The van der Waals surface area contributed by atoms with E-state index < -0.39 is 11.2 Å². The highest BCUT2D eigenvalue weighted by molar-refractivity contribution is 5.80. The second kappa shape index (κ2) is 5.65. The van der Waals surface area contributed by atoms with Crippen LogP contribution in [-0.4, -0.2) is 20.7 Å². The van der Waals surface area contributed by atoms with Crippen LogP contribution in [0.15, 0.2) is 12.3 Å². The first-order valence-electron chi connectivity index (χ1n) is 7.56. The minimum absolute atomic E-state index is 0.0834. The van der Waals surface area contributed by atoms with Crippen LogP contribution in [0.5, 0.6) is 17.4 Å². The van der Waals surface area contributed by atoms with E-state index in [-0.39, 0.29) is 28.1 Å². The van der Waals surface area contributed by atoms with Crippen LogP contribution in [0.3, 0.4) is 0 Å². The Labute approximate surface area is 141 Å². The first-order valence-corrected chi connectivity index (χ1v) is 7.56. The number of aromatic nitrogens is 1. The van der Waals surface area contributed by atoms with Gasteiger partial charge in [0.2, 0.25) is 11.6 Å². The zero-order chi connectivity index (χ0) is 18.3. The predicted molar refractivity (Wildman–Crippen MR) is 89.3 cm³/mol. The number of hydrogen-bond acceptors (Lipinski definition) is 5. The molecular formula is C18H21N3O3. The van der Waals surface area contributed by atoms with Crippen molar-refractivity contribution in [1.29, 1.82) is 10.5 Å². The predicted octanol–water partition coefficient (Wildman–Crippen LogP) is 3.74. The number of aromatic hydroxyl groups is 1. The lowest BCUT2D eigenvalue weighted by Crippen LogP contribution is -2.26. The number of hydrogen-bond donors (Lipinski definition) is 1. The highest BCUT2D eigenvalue weighted by Crippen LogP contribution is 2.47. The monoisotopic (exact) mass is 327 g/mol. The van der Waals surface area contributed by atoms with Gasteiger partial charge in [-0.05, 0) is 47.6 Å². The topological polar surface area (TPSA) is 90.7 Å². The maximum atomic E-state index is 10.7. The zero-order valence-electron chi connectivity index (χ0n) is 14.8. The quantitative estimate of drug-likeness (QED) is 0.907. The van der Waals surface area contributed by atoms with E-state index in [0.29, 0.717) is 5.88 Å². The summed E-state index contributed by atoms with van der Waals surface area (Å²) in [7, 11) is 0. The molecule has 6 heteroatoms. The first-order chi connectivity index (χ1) is 11.0. The first kappa shape index (κ1) is 17.5. The Morgan fingerprint density at radius 3 is 2.04 bits per heavy atom. The van der Waals surface area contributed by atoms with E-state index in [9.17, 15) is 15.6 Å². The number of pyridine rings is 1. The molecule has 0 spiro atoms. The average Bonchev–Trinajstić information content (AvgIpc) is 2.68. The average molecular weight is 327 g/mol. The van der Waals surface area contributed by atoms with E-state index in [2.05, 4.69) is 0 Å². The minimum Gasteiger partial charge on any atom is -0.503 e. The Kier molecular flexibility index (Phi) is 4.12. The van der Waals surface area contributed by atoms with Gasteiger partial charge in [0.1, 0.15) is 28.9 Å².